The molecule has 1 aromatic heterocycles. The predicted molar refractivity (Wildman–Crippen MR) is 124 cm³/mol. The number of methoxy groups -OCH3 is 2. The molecule has 0 spiro atoms. The van der Waals surface area contributed by atoms with Gasteiger partial charge in [-0.3, -0.25) is 4.79 Å². The van der Waals surface area contributed by atoms with Crippen molar-refractivity contribution in [3.8, 4) is 28.6 Å². The van der Waals surface area contributed by atoms with Gasteiger partial charge in [-0.05, 0) is 44.2 Å². The Balaban J connectivity index is 1.76. The third-order valence-electron chi connectivity index (χ3n) is 5.02. The Hall–Kier alpha value is -4.13. The molecule has 0 radical (unpaired) electrons. The normalized spacial score (nSPS) is 10.6. The van der Waals surface area contributed by atoms with Crippen LogP contribution in [0.25, 0.3) is 17.1 Å². The molecule has 7 nitrogen and oxygen atoms in total. The summed E-state index contributed by atoms with van der Waals surface area (Å²) >= 11 is 0. The second-order valence-electron chi connectivity index (χ2n) is 7.40. The first-order valence-electron chi connectivity index (χ1n) is 10.1. The van der Waals surface area contributed by atoms with Gasteiger partial charge >= 0.3 is 0 Å². The van der Waals surface area contributed by atoms with Crippen LogP contribution < -0.4 is 14.8 Å². The topological polar surface area (TPSA) is 78.3 Å². The lowest BCUT2D eigenvalue weighted by atomic mass is 10.1. The zero-order valence-corrected chi connectivity index (χ0v) is 18.4. The largest absolute Gasteiger partial charge is 0.497 e. The number of carbonyl (C=O) groups excluding carboxylic acids is 1. The Morgan fingerprint density at radius 3 is 2.38 bits per heavy atom. The van der Waals surface area contributed by atoms with Crippen molar-refractivity contribution in [1.29, 1.82) is 0 Å². The Labute approximate surface area is 186 Å². The first-order valence-corrected chi connectivity index (χ1v) is 10.1. The van der Waals surface area contributed by atoms with Crippen LogP contribution in [0.15, 0.2) is 66.7 Å². The lowest BCUT2D eigenvalue weighted by Gasteiger charge is -2.10. The van der Waals surface area contributed by atoms with E-state index in [1.54, 1.807) is 30.0 Å². The SMILES string of the molecule is COc1ccc(OC)c(NC(=O)c2nc(-c3cccc(C)c3)n(-c3ccc(C)cc3)n2)c1. The van der Waals surface area contributed by atoms with Crippen molar-refractivity contribution in [3.63, 3.8) is 0 Å². The number of anilines is 1. The van der Waals surface area contributed by atoms with E-state index in [1.807, 2.05) is 62.4 Å². The van der Waals surface area contributed by atoms with Gasteiger partial charge in [0.1, 0.15) is 11.5 Å². The van der Waals surface area contributed by atoms with E-state index in [2.05, 4.69) is 15.4 Å². The summed E-state index contributed by atoms with van der Waals surface area (Å²) in [5.74, 6) is 1.29. The molecule has 0 aliphatic carbocycles. The number of ether oxygens (including phenoxy) is 2. The molecule has 1 heterocycles. The number of aryl methyl sites for hydroxylation is 2. The van der Waals surface area contributed by atoms with Crippen LogP contribution in [0.4, 0.5) is 5.69 Å². The number of nitrogens with zero attached hydrogens (tertiary/aromatic N) is 3. The van der Waals surface area contributed by atoms with Crippen LogP contribution in [0.1, 0.15) is 21.7 Å². The lowest BCUT2D eigenvalue weighted by Crippen LogP contribution is -2.15. The number of benzene rings is 3. The monoisotopic (exact) mass is 428 g/mol. The summed E-state index contributed by atoms with van der Waals surface area (Å²) in [4.78, 5) is 17.7. The summed E-state index contributed by atoms with van der Waals surface area (Å²) in [6.45, 7) is 4.03. The Morgan fingerprint density at radius 2 is 1.69 bits per heavy atom. The highest BCUT2D eigenvalue weighted by Crippen LogP contribution is 2.29. The Morgan fingerprint density at radius 1 is 0.906 bits per heavy atom. The van der Waals surface area contributed by atoms with Crippen LogP contribution >= 0.6 is 0 Å². The summed E-state index contributed by atoms with van der Waals surface area (Å²) in [6.07, 6.45) is 0. The summed E-state index contributed by atoms with van der Waals surface area (Å²) in [6, 6.07) is 21.0. The fourth-order valence-corrected chi connectivity index (χ4v) is 3.34. The highest BCUT2D eigenvalue weighted by Gasteiger charge is 2.20. The van der Waals surface area contributed by atoms with Gasteiger partial charge in [-0.1, -0.05) is 41.5 Å². The maximum Gasteiger partial charge on any atom is 0.295 e. The molecule has 0 unspecified atom stereocenters. The zero-order valence-electron chi connectivity index (χ0n) is 18.4. The number of carbonyl (C=O) groups is 1. The van der Waals surface area contributed by atoms with Gasteiger partial charge in [-0.25, -0.2) is 9.67 Å². The fraction of sp³-hybridized carbons (Fsp3) is 0.160. The van der Waals surface area contributed by atoms with Gasteiger partial charge in [0, 0.05) is 11.6 Å². The molecule has 1 N–H and O–H groups in total. The van der Waals surface area contributed by atoms with Crippen molar-refractivity contribution in [3.05, 3.63) is 83.7 Å². The number of rotatable bonds is 6. The maximum absolute atomic E-state index is 13.1. The van der Waals surface area contributed by atoms with Crippen LogP contribution in [0.2, 0.25) is 0 Å². The Kier molecular flexibility index (Phi) is 5.89. The summed E-state index contributed by atoms with van der Waals surface area (Å²) in [5, 5.41) is 7.37. The standard InChI is InChI=1S/C25H24N4O3/c1-16-8-10-19(11-9-16)29-24(18-7-5-6-17(2)14-18)27-23(28-29)25(30)26-21-15-20(31-3)12-13-22(21)32-4/h5-15H,1-4H3,(H,26,30). The van der Waals surface area contributed by atoms with Gasteiger partial charge in [0.25, 0.3) is 5.91 Å². The van der Waals surface area contributed by atoms with Gasteiger partial charge in [-0.15, -0.1) is 5.10 Å². The van der Waals surface area contributed by atoms with E-state index in [9.17, 15) is 4.79 Å². The molecule has 0 bridgehead atoms. The number of hydrogen-bond acceptors (Lipinski definition) is 5. The number of amides is 1. The molecule has 162 valence electrons. The molecule has 3 aromatic carbocycles. The van der Waals surface area contributed by atoms with E-state index in [1.165, 1.54) is 7.11 Å². The van der Waals surface area contributed by atoms with Gasteiger partial charge in [0.2, 0.25) is 5.82 Å². The third kappa shape index (κ3) is 4.32. The van der Waals surface area contributed by atoms with Gasteiger partial charge in [0.05, 0.1) is 25.6 Å². The van der Waals surface area contributed by atoms with Crippen LogP contribution in [0, 0.1) is 13.8 Å². The highest BCUT2D eigenvalue weighted by molar-refractivity contribution is 6.02. The van der Waals surface area contributed by atoms with Crippen LogP contribution in [-0.2, 0) is 0 Å². The van der Waals surface area contributed by atoms with E-state index in [-0.39, 0.29) is 5.82 Å². The minimum atomic E-state index is -0.448. The molecule has 1 amide bonds. The van der Waals surface area contributed by atoms with Crippen LogP contribution in [-0.4, -0.2) is 34.9 Å². The predicted octanol–water partition coefficient (Wildman–Crippen LogP) is 4.82. The zero-order chi connectivity index (χ0) is 22.7. The van der Waals surface area contributed by atoms with Gasteiger partial charge in [0.15, 0.2) is 5.82 Å². The summed E-state index contributed by atoms with van der Waals surface area (Å²) < 4.78 is 12.3. The van der Waals surface area contributed by atoms with E-state index in [0.29, 0.717) is 23.0 Å². The van der Waals surface area contributed by atoms with Crippen molar-refractivity contribution in [1.82, 2.24) is 14.8 Å². The van der Waals surface area contributed by atoms with Crippen molar-refractivity contribution in [2.24, 2.45) is 0 Å². The molecule has 4 rings (SSSR count). The van der Waals surface area contributed by atoms with Crippen molar-refractivity contribution < 1.29 is 14.3 Å². The molecular formula is C25H24N4O3. The van der Waals surface area contributed by atoms with Crippen molar-refractivity contribution >= 4 is 11.6 Å². The molecule has 0 fully saturated rings. The number of hydrogen-bond donors (Lipinski definition) is 1. The third-order valence-corrected chi connectivity index (χ3v) is 5.02. The molecule has 4 aromatic rings. The van der Waals surface area contributed by atoms with Crippen molar-refractivity contribution in [2.75, 3.05) is 19.5 Å². The summed E-state index contributed by atoms with van der Waals surface area (Å²) in [5.41, 5.74) is 4.39. The van der Waals surface area contributed by atoms with Crippen LogP contribution in [0.3, 0.4) is 0 Å². The fourth-order valence-electron chi connectivity index (χ4n) is 3.34. The molecule has 0 atom stereocenters. The van der Waals surface area contributed by atoms with E-state index in [4.69, 9.17) is 9.47 Å². The quantitative estimate of drug-likeness (QED) is 0.476. The Bertz CT molecular complexity index is 1260. The molecule has 0 saturated heterocycles. The minimum absolute atomic E-state index is 0.0481. The van der Waals surface area contributed by atoms with Gasteiger partial charge < -0.3 is 14.8 Å². The molecule has 7 heteroatoms. The minimum Gasteiger partial charge on any atom is -0.497 e. The first-order chi connectivity index (χ1) is 15.5. The maximum atomic E-state index is 13.1. The second kappa shape index (κ2) is 8.93. The highest BCUT2D eigenvalue weighted by atomic mass is 16.5. The number of aromatic nitrogens is 3. The first kappa shape index (κ1) is 21.1. The second-order valence-corrected chi connectivity index (χ2v) is 7.40. The van der Waals surface area contributed by atoms with E-state index < -0.39 is 5.91 Å². The van der Waals surface area contributed by atoms with E-state index in [0.717, 1.165) is 22.4 Å². The molecule has 32 heavy (non-hydrogen) atoms. The molecule has 0 saturated carbocycles. The van der Waals surface area contributed by atoms with E-state index >= 15 is 0 Å². The average Bonchev–Trinajstić information content (AvgIpc) is 3.25. The summed E-state index contributed by atoms with van der Waals surface area (Å²) in [7, 11) is 3.10. The smallest absolute Gasteiger partial charge is 0.295 e. The molecule has 0 aliphatic heterocycles. The van der Waals surface area contributed by atoms with Gasteiger partial charge in [-0.2, -0.15) is 0 Å². The molecular weight excluding hydrogens is 404 g/mol. The van der Waals surface area contributed by atoms with Crippen molar-refractivity contribution in [2.45, 2.75) is 13.8 Å². The number of nitrogens with one attached hydrogen (secondary N) is 1. The average molecular weight is 428 g/mol. The van der Waals surface area contributed by atoms with Crippen LogP contribution in [0.5, 0.6) is 11.5 Å². The lowest BCUT2D eigenvalue weighted by molar-refractivity contribution is 0.101. The molecule has 0 aliphatic rings.